The summed E-state index contributed by atoms with van der Waals surface area (Å²) in [6.45, 7) is 0.429. The zero-order chi connectivity index (χ0) is 25.7. The van der Waals surface area contributed by atoms with Crippen molar-refractivity contribution in [2.45, 2.75) is 31.6 Å². The number of ether oxygens (including phenoxy) is 1. The van der Waals surface area contributed by atoms with Crippen LogP contribution in [0.3, 0.4) is 0 Å². The minimum absolute atomic E-state index is 0.0899. The van der Waals surface area contributed by atoms with Crippen molar-refractivity contribution in [1.82, 2.24) is 9.80 Å². The van der Waals surface area contributed by atoms with Gasteiger partial charge in [0.2, 0.25) is 5.91 Å². The molecule has 8 heteroatoms. The minimum atomic E-state index is -4.42. The van der Waals surface area contributed by atoms with Gasteiger partial charge in [-0.25, -0.2) is 0 Å². The van der Waals surface area contributed by atoms with Gasteiger partial charge in [-0.1, -0.05) is 42.5 Å². The SMILES string of the molecule is COc1ccc(C(=O)N2CC(=O)N(Cc3ccc(C(F)(F)F)cc3)[C@@H](CCc3ccccc3)C2)cc1. The molecule has 4 rings (SSSR count). The Hall–Kier alpha value is -3.81. The van der Waals surface area contributed by atoms with Gasteiger partial charge in [-0.15, -0.1) is 0 Å². The molecule has 5 nitrogen and oxygen atoms in total. The van der Waals surface area contributed by atoms with Crippen molar-refractivity contribution in [3.05, 3.63) is 101 Å². The Bertz CT molecular complexity index is 1180. The predicted octanol–water partition coefficient (Wildman–Crippen LogP) is 5.20. The van der Waals surface area contributed by atoms with E-state index in [9.17, 15) is 22.8 Å². The zero-order valence-electron chi connectivity index (χ0n) is 19.9. The number of piperazine rings is 1. The van der Waals surface area contributed by atoms with E-state index in [0.717, 1.165) is 17.7 Å². The molecule has 0 unspecified atom stereocenters. The summed E-state index contributed by atoms with van der Waals surface area (Å²) in [6, 6.07) is 21.1. The molecule has 1 aliphatic rings. The van der Waals surface area contributed by atoms with Gasteiger partial charge in [0.15, 0.2) is 0 Å². The average Bonchev–Trinajstić information content (AvgIpc) is 2.89. The topological polar surface area (TPSA) is 49.9 Å². The minimum Gasteiger partial charge on any atom is -0.497 e. The van der Waals surface area contributed by atoms with Crippen molar-refractivity contribution in [3.8, 4) is 5.75 Å². The number of nitrogens with zero attached hydrogens (tertiary/aromatic N) is 2. The van der Waals surface area contributed by atoms with Crippen LogP contribution < -0.4 is 4.74 Å². The lowest BCUT2D eigenvalue weighted by Gasteiger charge is -2.41. The van der Waals surface area contributed by atoms with E-state index in [1.54, 1.807) is 41.2 Å². The summed E-state index contributed by atoms with van der Waals surface area (Å²) in [5.41, 5.74) is 1.45. The van der Waals surface area contributed by atoms with Crippen molar-refractivity contribution < 1.29 is 27.5 Å². The van der Waals surface area contributed by atoms with Crippen molar-refractivity contribution in [2.75, 3.05) is 20.2 Å². The number of rotatable bonds is 7. The second kappa shape index (κ2) is 10.8. The number of alkyl halides is 3. The zero-order valence-corrected chi connectivity index (χ0v) is 19.9. The molecule has 0 saturated carbocycles. The number of carbonyl (C=O) groups excluding carboxylic acids is 2. The molecule has 1 atom stereocenters. The van der Waals surface area contributed by atoms with Crippen LogP contribution in [0.15, 0.2) is 78.9 Å². The molecule has 0 spiro atoms. The second-order valence-corrected chi connectivity index (χ2v) is 8.81. The Morgan fingerprint density at radius 1 is 0.944 bits per heavy atom. The maximum Gasteiger partial charge on any atom is 0.416 e. The molecule has 3 aromatic rings. The van der Waals surface area contributed by atoms with Crippen molar-refractivity contribution in [1.29, 1.82) is 0 Å². The molecule has 3 aromatic carbocycles. The lowest BCUT2D eigenvalue weighted by Crippen LogP contribution is -2.57. The number of hydrogen-bond acceptors (Lipinski definition) is 3. The lowest BCUT2D eigenvalue weighted by atomic mass is 10.00. The molecule has 1 aliphatic heterocycles. The number of hydrogen-bond donors (Lipinski definition) is 0. The van der Waals surface area contributed by atoms with E-state index in [0.29, 0.717) is 36.3 Å². The Morgan fingerprint density at radius 2 is 1.61 bits per heavy atom. The summed E-state index contributed by atoms with van der Waals surface area (Å²) in [4.78, 5) is 29.6. The molecule has 0 bridgehead atoms. The Labute approximate surface area is 208 Å². The van der Waals surface area contributed by atoms with E-state index in [-0.39, 0.29) is 30.9 Å². The predicted molar refractivity (Wildman–Crippen MR) is 129 cm³/mol. The number of methoxy groups -OCH3 is 1. The van der Waals surface area contributed by atoms with Gasteiger partial charge < -0.3 is 14.5 Å². The first kappa shape index (κ1) is 25.3. The fourth-order valence-electron chi connectivity index (χ4n) is 4.38. The third-order valence-corrected chi connectivity index (χ3v) is 6.39. The molecule has 0 aliphatic carbocycles. The molecule has 2 amide bonds. The van der Waals surface area contributed by atoms with Crippen LogP contribution in [0.5, 0.6) is 5.75 Å². The first-order chi connectivity index (χ1) is 17.2. The second-order valence-electron chi connectivity index (χ2n) is 8.81. The highest BCUT2D eigenvalue weighted by molar-refractivity contribution is 5.97. The largest absolute Gasteiger partial charge is 0.497 e. The summed E-state index contributed by atoms with van der Waals surface area (Å²) in [7, 11) is 1.54. The van der Waals surface area contributed by atoms with Gasteiger partial charge in [0.1, 0.15) is 12.3 Å². The third kappa shape index (κ3) is 6.05. The fourth-order valence-corrected chi connectivity index (χ4v) is 4.38. The summed E-state index contributed by atoms with van der Waals surface area (Å²) in [6.07, 6.45) is -3.10. The Morgan fingerprint density at radius 3 is 2.22 bits per heavy atom. The number of aryl methyl sites for hydroxylation is 1. The monoisotopic (exact) mass is 496 g/mol. The highest BCUT2D eigenvalue weighted by Crippen LogP contribution is 2.30. The van der Waals surface area contributed by atoms with E-state index in [1.165, 1.54) is 12.1 Å². The van der Waals surface area contributed by atoms with E-state index < -0.39 is 11.7 Å². The smallest absolute Gasteiger partial charge is 0.416 e. The lowest BCUT2D eigenvalue weighted by molar-refractivity contribution is -0.140. The maximum atomic E-state index is 13.2. The standard InChI is InChI=1S/C28H27F3N2O3/c1-36-25-15-10-22(11-16-25)27(35)32-18-24(14-9-20-5-3-2-4-6-20)33(26(34)19-32)17-21-7-12-23(13-8-21)28(29,30)31/h2-8,10-13,15-16,24H,9,14,17-19H2,1H3/t24-/m0/s1. The van der Waals surface area contributed by atoms with Crippen LogP contribution in [0, 0.1) is 0 Å². The van der Waals surface area contributed by atoms with Crippen LogP contribution in [0.2, 0.25) is 0 Å². The number of carbonyl (C=O) groups is 2. The van der Waals surface area contributed by atoms with Gasteiger partial charge in [0.25, 0.3) is 5.91 Å². The van der Waals surface area contributed by atoms with Gasteiger partial charge in [-0.2, -0.15) is 13.2 Å². The number of amides is 2. The van der Waals surface area contributed by atoms with Gasteiger partial charge in [0.05, 0.1) is 18.7 Å². The van der Waals surface area contributed by atoms with Crippen molar-refractivity contribution in [2.24, 2.45) is 0 Å². The van der Waals surface area contributed by atoms with Gasteiger partial charge in [-0.3, -0.25) is 9.59 Å². The number of halogens is 3. The first-order valence-corrected chi connectivity index (χ1v) is 11.7. The van der Waals surface area contributed by atoms with Crippen molar-refractivity contribution >= 4 is 11.8 Å². The molecule has 0 N–H and O–H groups in total. The fraction of sp³-hybridized carbons (Fsp3) is 0.286. The van der Waals surface area contributed by atoms with Crippen LogP contribution in [-0.2, 0) is 23.9 Å². The van der Waals surface area contributed by atoms with Crippen LogP contribution >= 0.6 is 0 Å². The number of benzene rings is 3. The Balaban J connectivity index is 1.53. The molecule has 36 heavy (non-hydrogen) atoms. The first-order valence-electron chi connectivity index (χ1n) is 11.7. The quantitative estimate of drug-likeness (QED) is 0.452. The third-order valence-electron chi connectivity index (χ3n) is 6.39. The normalized spacial score (nSPS) is 16.2. The van der Waals surface area contributed by atoms with Crippen molar-refractivity contribution in [3.63, 3.8) is 0 Å². The summed E-state index contributed by atoms with van der Waals surface area (Å²) in [5.74, 6) is 0.149. The molecule has 0 aromatic heterocycles. The van der Waals surface area contributed by atoms with Crippen LogP contribution in [0.1, 0.15) is 33.5 Å². The maximum absolute atomic E-state index is 13.2. The Kier molecular flexibility index (Phi) is 7.62. The van der Waals surface area contributed by atoms with Gasteiger partial charge in [0, 0.05) is 18.7 Å². The van der Waals surface area contributed by atoms with E-state index in [2.05, 4.69) is 0 Å². The highest BCUT2D eigenvalue weighted by Gasteiger charge is 2.35. The molecule has 1 fully saturated rings. The molecule has 188 valence electrons. The van der Waals surface area contributed by atoms with Gasteiger partial charge in [-0.05, 0) is 60.4 Å². The highest BCUT2D eigenvalue weighted by atomic mass is 19.4. The van der Waals surface area contributed by atoms with E-state index in [1.807, 2.05) is 30.3 Å². The molecule has 1 heterocycles. The average molecular weight is 497 g/mol. The van der Waals surface area contributed by atoms with Crippen LogP contribution in [0.4, 0.5) is 13.2 Å². The van der Waals surface area contributed by atoms with E-state index >= 15 is 0 Å². The summed E-state index contributed by atoms with van der Waals surface area (Å²) in [5, 5.41) is 0. The van der Waals surface area contributed by atoms with Crippen LogP contribution in [-0.4, -0.2) is 47.9 Å². The molecule has 0 radical (unpaired) electrons. The van der Waals surface area contributed by atoms with Gasteiger partial charge >= 0.3 is 6.18 Å². The summed E-state index contributed by atoms with van der Waals surface area (Å²) >= 11 is 0. The molecular formula is C28H27F3N2O3. The molecular weight excluding hydrogens is 469 g/mol. The van der Waals surface area contributed by atoms with Crippen LogP contribution in [0.25, 0.3) is 0 Å². The van der Waals surface area contributed by atoms with E-state index in [4.69, 9.17) is 4.74 Å². The summed E-state index contributed by atoms with van der Waals surface area (Å²) < 4.78 is 44.0. The molecule has 1 saturated heterocycles.